The van der Waals surface area contributed by atoms with E-state index in [4.69, 9.17) is 0 Å². The fourth-order valence-electron chi connectivity index (χ4n) is 2.10. The van der Waals surface area contributed by atoms with Crippen molar-refractivity contribution in [2.45, 2.75) is 6.92 Å². The maximum absolute atomic E-state index is 11.2. The van der Waals surface area contributed by atoms with Gasteiger partial charge in [0.15, 0.2) is 0 Å². The third kappa shape index (κ3) is 2.51. The van der Waals surface area contributed by atoms with Crippen molar-refractivity contribution >= 4 is 5.69 Å². The van der Waals surface area contributed by atoms with Crippen molar-refractivity contribution in [3.05, 3.63) is 70.4 Å². The topological polar surface area (TPSA) is 73.8 Å². The van der Waals surface area contributed by atoms with E-state index in [1.54, 1.807) is 16.9 Å². The number of hydrogen-bond donors (Lipinski definition) is 0. The van der Waals surface area contributed by atoms with Crippen LogP contribution in [0.15, 0.2) is 54.7 Å². The van der Waals surface area contributed by atoms with E-state index in [9.17, 15) is 10.1 Å². The maximum Gasteiger partial charge on any atom is 0.279 e. The van der Waals surface area contributed by atoms with Gasteiger partial charge < -0.3 is 0 Å². The van der Waals surface area contributed by atoms with Crippen molar-refractivity contribution < 1.29 is 4.92 Å². The Kier molecular flexibility index (Phi) is 3.19. The predicted molar refractivity (Wildman–Crippen MR) is 78.2 cm³/mol. The lowest BCUT2D eigenvalue weighted by Crippen LogP contribution is -1.93. The summed E-state index contributed by atoms with van der Waals surface area (Å²) in [7, 11) is 0. The first-order chi connectivity index (χ1) is 10.1. The summed E-state index contributed by atoms with van der Waals surface area (Å²) < 4.78 is 1.60. The predicted octanol–water partition coefficient (Wildman–Crippen LogP) is 3.15. The molecule has 6 nitrogen and oxygen atoms in total. The molecule has 6 heteroatoms. The fraction of sp³-hybridized carbons (Fsp3) is 0.0667. The molecular weight excluding hydrogens is 268 g/mol. The van der Waals surface area contributed by atoms with Gasteiger partial charge in [0.2, 0.25) is 0 Å². The average Bonchev–Trinajstić information content (AvgIpc) is 2.97. The molecule has 21 heavy (non-hydrogen) atoms. The SMILES string of the molecule is Cc1ccc(-c2cn(-c3ccccc3)nn2)c([N+](=O)[O-])c1. The molecule has 0 amide bonds. The lowest BCUT2D eigenvalue weighted by Gasteiger charge is -2.00. The number of hydrogen-bond acceptors (Lipinski definition) is 4. The van der Waals surface area contributed by atoms with Crippen molar-refractivity contribution in [3.8, 4) is 16.9 Å². The minimum absolute atomic E-state index is 0.0371. The zero-order chi connectivity index (χ0) is 14.8. The van der Waals surface area contributed by atoms with E-state index in [1.807, 2.05) is 43.3 Å². The summed E-state index contributed by atoms with van der Waals surface area (Å²) in [4.78, 5) is 10.8. The molecule has 1 heterocycles. The molecule has 0 radical (unpaired) electrons. The molecule has 104 valence electrons. The van der Waals surface area contributed by atoms with Gasteiger partial charge in [0, 0.05) is 6.07 Å². The van der Waals surface area contributed by atoms with Crippen LogP contribution in [0.25, 0.3) is 16.9 Å². The van der Waals surface area contributed by atoms with Crippen LogP contribution in [0.3, 0.4) is 0 Å². The Morgan fingerprint density at radius 1 is 1.14 bits per heavy atom. The minimum Gasteiger partial charge on any atom is -0.258 e. The Bertz CT molecular complexity index is 796. The summed E-state index contributed by atoms with van der Waals surface area (Å²) in [6.45, 7) is 1.82. The Hall–Kier alpha value is -3.02. The highest BCUT2D eigenvalue weighted by atomic mass is 16.6. The van der Waals surface area contributed by atoms with Gasteiger partial charge in [-0.25, -0.2) is 4.68 Å². The van der Waals surface area contributed by atoms with Gasteiger partial charge in [0.05, 0.1) is 22.4 Å². The van der Waals surface area contributed by atoms with E-state index < -0.39 is 4.92 Å². The minimum atomic E-state index is -0.399. The van der Waals surface area contributed by atoms with Gasteiger partial charge >= 0.3 is 0 Å². The van der Waals surface area contributed by atoms with Gasteiger partial charge in [-0.2, -0.15) is 0 Å². The molecule has 0 spiro atoms. The smallest absolute Gasteiger partial charge is 0.258 e. The molecule has 0 atom stereocenters. The van der Waals surface area contributed by atoms with E-state index >= 15 is 0 Å². The van der Waals surface area contributed by atoms with Gasteiger partial charge in [-0.05, 0) is 30.7 Å². The van der Waals surface area contributed by atoms with Crippen LogP contribution in [0.5, 0.6) is 0 Å². The van der Waals surface area contributed by atoms with Crippen molar-refractivity contribution in [1.82, 2.24) is 15.0 Å². The Balaban J connectivity index is 2.07. The molecule has 0 saturated carbocycles. The van der Waals surface area contributed by atoms with Crippen LogP contribution in [0.1, 0.15) is 5.56 Å². The van der Waals surface area contributed by atoms with Crippen LogP contribution in [0.2, 0.25) is 0 Å². The highest BCUT2D eigenvalue weighted by Crippen LogP contribution is 2.29. The highest BCUT2D eigenvalue weighted by molar-refractivity contribution is 5.70. The summed E-state index contributed by atoms with van der Waals surface area (Å²) in [5.74, 6) is 0. The molecular formula is C15H12N4O2. The van der Waals surface area contributed by atoms with Gasteiger partial charge in [0.25, 0.3) is 5.69 Å². The Morgan fingerprint density at radius 3 is 2.62 bits per heavy atom. The molecule has 2 aromatic carbocycles. The fourth-order valence-corrected chi connectivity index (χ4v) is 2.10. The van der Waals surface area contributed by atoms with Crippen molar-refractivity contribution in [2.24, 2.45) is 0 Å². The molecule has 0 aliphatic heterocycles. The zero-order valence-electron chi connectivity index (χ0n) is 11.3. The van der Waals surface area contributed by atoms with E-state index in [0.717, 1.165) is 11.3 Å². The molecule has 0 fully saturated rings. The monoisotopic (exact) mass is 280 g/mol. The molecule has 1 aromatic heterocycles. The molecule has 0 aliphatic carbocycles. The summed E-state index contributed by atoms with van der Waals surface area (Å²) in [6, 6.07) is 14.5. The second kappa shape index (κ2) is 5.16. The quantitative estimate of drug-likeness (QED) is 0.545. The van der Waals surface area contributed by atoms with Gasteiger partial charge in [0.1, 0.15) is 5.69 Å². The second-order valence-corrected chi connectivity index (χ2v) is 4.66. The largest absolute Gasteiger partial charge is 0.279 e. The van der Waals surface area contributed by atoms with E-state index in [2.05, 4.69) is 10.3 Å². The van der Waals surface area contributed by atoms with Crippen LogP contribution in [-0.2, 0) is 0 Å². The molecule has 0 saturated heterocycles. The number of nitrogens with zero attached hydrogens (tertiary/aromatic N) is 4. The number of nitro benzene ring substituents is 1. The highest BCUT2D eigenvalue weighted by Gasteiger charge is 2.18. The maximum atomic E-state index is 11.2. The standard InChI is InChI=1S/C15H12N4O2/c1-11-7-8-13(15(9-11)19(20)21)14-10-18(17-16-14)12-5-3-2-4-6-12/h2-10H,1H3. The van der Waals surface area contributed by atoms with Gasteiger partial charge in [-0.3, -0.25) is 10.1 Å². The van der Waals surface area contributed by atoms with Crippen LogP contribution in [-0.4, -0.2) is 19.9 Å². The number of aryl methyl sites for hydroxylation is 1. The number of rotatable bonds is 3. The molecule has 0 bridgehead atoms. The van der Waals surface area contributed by atoms with Crippen LogP contribution >= 0.6 is 0 Å². The number of aromatic nitrogens is 3. The molecule has 3 aromatic rings. The third-order valence-electron chi connectivity index (χ3n) is 3.14. The van der Waals surface area contributed by atoms with Crippen LogP contribution < -0.4 is 0 Å². The number of benzene rings is 2. The normalized spacial score (nSPS) is 10.5. The molecule has 0 aliphatic rings. The van der Waals surface area contributed by atoms with Gasteiger partial charge in [-0.1, -0.05) is 29.5 Å². The molecule has 0 unspecified atom stereocenters. The first-order valence-electron chi connectivity index (χ1n) is 6.38. The van der Waals surface area contributed by atoms with E-state index in [0.29, 0.717) is 11.3 Å². The summed E-state index contributed by atoms with van der Waals surface area (Å²) >= 11 is 0. The number of nitro groups is 1. The van der Waals surface area contributed by atoms with Crippen LogP contribution in [0.4, 0.5) is 5.69 Å². The first-order valence-corrected chi connectivity index (χ1v) is 6.38. The zero-order valence-corrected chi connectivity index (χ0v) is 11.3. The van der Waals surface area contributed by atoms with Crippen LogP contribution in [0, 0.1) is 17.0 Å². The van der Waals surface area contributed by atoms with E-state index in [1.165, 1.54) is 6.07 Å². The lowest BCUT2D eigenvalue weighted by molar-refractivity contribution is -0.384. The summed E-state index contributed by atoms with van der Waals surface area (Å²) in [6.07, 6.45) is 1.69. The average molecular weight is 280 g/mol. The molecule has 3 rings (SSSR count). The second-order valence-electron chi connectivity index (χ2n) is 4.66. The van der Waals surface area contributed by atoms with Gasteiger partial charge in [-0.15, -0.1) is 5.10 Å². The first kappa shape index (κ1) is 13.0. The Morgan fingerprint density at radius 2 is 1.90 bits per heavy atom. The van der Waals surface area contributed by atoms with Crippen molar-refractivity contribution in [3.63, 3.8) is 0 Å². The third-order valence-corrected chi connectivity index (χ3v) is 3.14. The van der Waals surface area contributed by atoms with E-state index in [-0.39, 0.29) is 5.69 Å². The molecule has 0 N–H and O–H groups in total. The van der Waals surface area contributed by atoms with Crippen molar-refractivity contribution in [1.29, 1.82) is 0 Å². The van der Waals surface area contributed by atoms with Crippen molar-refractivity contribution in [2.75, 3.05) is 0 Å². The summed E-state index contributed by atoms with van der Waals surface area (Å²) in [5.41, 5.74) is 2.67. The Labute approximate surface area is 120 Å². The lowest BCUT2D eigenvalue weighted by atomic mass is 10.1. The number of para-hydroxylation sites is 1. The summed E-state index contributed by atoms with van der Waals surface area (Å²) in [5, 5.41) is 19.2.